The minimum absolute atomic E-state index is 0.302. The molecule has 0 aliphatic rings. The number of hydrogen-bond donors (Lipinski definition) is 1. The van der Waals surface area contributed by atoms with Gasteiger partial charge < -0.3 is 9.84 Å². The molecule has 0 saturated carbocycles. The van der Waals surface area contributed by atoms with Crippen molar-refractivity contribution < 1.29 is 4.52 Å². The molecule has 4 nitrogen and oxygen atoms in total. The number of benzene rings is 1. The summed E-state index contributed by atoms with van der Waals surface area (Å²) < 4.78 is 5.15. The Balaban J connectivity index is 2.07. The Bertz CT molecular complexity index is 590. The summed E-state index contributed by atoms with van der Waals surface area (Å²) in [5, 5.41) is 8.22. The first-order valence-electron chi connectivity index (χ1n) is 6.21. The molecule has 6 heteroatoms. The molecule has 1 aromatic carbocycles. The van der Waals surface area contributed by atoms with Crippen LogP contribution in [0, 0.1) is 0 Å². The highest BCUT2D eigenvalue weighted by molar-refractivity contribution is 6.34. The van der Waals surface area contributed by atoms with E-state index in [2.05, 4.69) is 22.4 Å². The van der Waals surface area contributed by atoms with Crippen molar-refractivity contribution in [2.75, 3.05) is 7.05 Å². The fourth-order valence-electron chi connectivity index (χ4n) is 1.63. The fraction of sp³-hybridized carbons (Fsp3) is 0.286. The molecular weight excluding hydrogens is 297 g/mol. The number of halogens is 2. The molecular formula is C14H15Cl2N3O. The minimum atomic E-state index is 0.302. The number of aromatic nitrogens is 2. The van der Waals surface area contributed by atoms with Crippen LogP contribution in [0.25, 0.3) is 12.2 Å². The van der Waals surface area contributed by atoms with Gasteiger partial charge in [0.2, 0.25) is 0 Å². The fourth-order valence-corrected chi connectivity index (χ4v) is 2.18. The lowest BCUT2D eigenvalue weighted by Gasteiger charge is -2.04. The number of likely N-dealkylation sites (N-methyl/N-ethyl adjacent to an activating group) is 1. The molecule has 0 aliphatic heterocycles. The standard InChI is InChI=1S/C14H15Cl2N3O/c1-9(17-2)5-13-18-14(20-19-13)4-3-10-6-11(15)8-12(16)7-10/h3-4,6-9,17H,5H2,1-2H3/b4-3+. The van der Waals surface area contributed by atoms with Crippen LogP contribution >= 0.6 is 23.2 Å². The maximum atomic E-state index is 5.93. The van der Waals surface area contributed by atoms with Crippen LogP contribution in [-0.4, -0.2) is 23.2 Å². The van der Waals surface area contributed by atoms with Gasteiger partial charge in [-0.3, -0.25) is 0 Å². The maximum Gasteiger partial charge on any atom is 0.250 e. The first-order chi connectivity index (χ1) is 9.56. The van der Waals surface area contributed by atoms with Gasteiger partial charge in [0.1, 0.15) is 0 Å². The first kappa shape index (κ1) is 15.0. The summed E-state index contributed by atoms with van der Waals surface area (Å²) in [6, 6.07) is 5.61. The van der Waals surface area contributed by atoms with Crippen LogP contribution in [0.1, 0.15) is 24.2 Å². The third-order valence-corrected chi connectivity index (χ3v) is 3.21. The van der Waals surface area contributed by atoms with Gasteiger partial charge in [0.05, 0.1) is 0 Å². The second kappa shape index (κ2) is 6.88. The van der Waals surface area contributed by atoms with E-state index in [9.17, 15) is 0 Å². The van der Waals surface area contributed by atoms with E-state index in [0.29, 0.717) is 27.8 Å². The van der Waals surface area contributed by atoms with Gasteiger partial charge in [0, 0.05) is 28.6 Å². The van der Waals surface area contributed by atoms with Crippen LogP contribution in [0.15, 0.2) is 22.7 Å². The van der Waals surface area contributed by atoms with Gasteiger partial charge in [-0.05, 0) is 43.8 Å². The van der Waals surface area contributed by atoms with Crippen molar-refractivity contribution in [3.05, 3.63) is 45.5 Å². The second-order valence-corrected chi connectivity index (χ2v) is 5.35. The summed E-state index contributed by atoms with van der Waals surface area (Å²) in [5.41, 5.74) is 0.880. The summed E-state index contributed by atoms with van der Waals surface area (Å²) in [5.74, 6) is 1.13. The maximum absolute atomic E-state index is 5.93. The zero-order valence-electron chi connectivity index (χ0n) is 11.2. The molecule has 20 heavy (non-hydrogen) atoms. The Kier molecular flexibility index (Phi) is 5.17. The van der Waals surface area contributed by atoms with Crippen molar-refractivity contribution in [3.8, 4) is 0 Å². The molecule has 1 aromatic heterocycles. The zero-order valence-corrected chi connectivity index (χ0v) is 12.7. The largest absolute Gasteiger partial charge is 0.335 e. The molecule has 1 heterocycles. The monoisotopic (exact) mass is 311 g/mol. The van der Waals surface area contributed by atoms with Gasteiger partial charge in [-0.25, -0.2) is 0 Å². The van der Waals surface area contributed by atoms with Crippen molar-refractivity contribution in [2.45, 2.75) is 19.4 Å². The molecule has 0 bridgehead atoms. The Hall–Kier alpha value is -1.36. The van der Waals surface area contributed by atoms with E-state index in [1.54, 1.807) is 12.1 Å². The van der Waals surface area contributed by atoms with Gasteiger partial charge in [0.25, 0.3) is 5.89 Å². The lowest BCUT2D eigenvalue weighted by atomic mass is 10.2. The average molecular weight is 312 g/mol. The van der Waals surface area contributed by atoms with Crippen LogP contribution in [0.3, 0.4) is 0 Å². The molecule has 0 spiro atoms. The van der Waals surface area contributed by atoms with Crippen molar-refractivity contribution >= 4 is 35.4 Å². The van der Waals surface area contributed by atoms with E-state index >= 15 is 0 Å². The van der Waals surface area contributed by atoms with E-state index in [4.69, 9.17) is 27.7 Å². The van der Waals surface area contributed by atoms with Crippen LogP contribution in [0.2, 0.25) is 10.0 Å². The van der Waals surface area contributed by atoms with E-state index in [0.717, 1.165) is 12.0 Å². The molecule has 106 valence electrons. The zero-order chi connectivity index (χ0) is 14.5. The van der Waals surface area contributed by atoms with Crippen molar-refractivity contribution in [2.24, 2.45) is 0 Å². The molecule has 0 aliphatic carbocycles. The Morgan fingerprint density at radius 2 is 1.95 bits per heavy atom. The number of rotatable bonds is 5. The lowest BCUT2D eigenvalue weighted by molar-refractivity contribution is 0.400. The number of nitrogens with zero attached hydrogens (tertiary/aromatic N) is 2. The lowest BCUT2D eigenvalue weighted by Crippen LogP contribution is -2.24. The Labute approximate surface area is 127 Å². The summed E-state index contributed by atoms with van der Waals surface area (Å²) in [6.45, 7) is 2.06. The molecule has 0 saturated heterocycles. The highest BCUT2D eigenvalue weighted by Gasteiger charge is 2.07. The molecule has 0 fully saturated rings. The van der Waals surface area contributed by atoms with E-state index < -0.39 is 0 Å². The molecule has 1 atom stereocenters. The predicted octanol–water partition coefficient (Wildman–Crippen LogP) is 3.70. The highest BCUT2D eigenvalue weighted by Crippen LogP contribution is 2.20. The molecule has 1 unspecified atom stereocenters. The van der Waals surface area contributed by atoms with E-state index in [1.807, 2.05) is 25.3 Å². The van der Waals surface area contributed by atoms with Crippen molar-refractivity contribution in [3.63, 3.8) is 0 Å². The summed E-state index contributed by atoms with van der Waals surface area (Å²) in [7, 11) is 1.90. The molecule has 0 radical (unpaired) electrons. The van der Waals surface area contributed by atoms with Gasteiger partial charge >= 0.3 is 0 Å². The van der Waals surface area contributed by atoms with Crippen molar-refractivity contribution in [1.82, 2.24) is 15.5 Å². The SMILES string of the molecule is CNC(C)Cc1noc(/C=C/c2cc(Cl)cc(Cl)c2)n1. The van der Waals surface area contributed by atoms with Crippen LogP contribution in [0.5, 0.6) is 0 Å². The average Bonchev–Trinajstić information content (AvgIpc) is 2.83. The molecule has 2 aromatic rings. The number of nitrogens with one attached hydrogen (secondary N) is 1. The number of hydrogen-bond acceptors (Lipinski definition) is 4. The van der Waals surface area contributed by atoms with E-state index in [1.165, 1.54) is 0 Å². The third-order valence-electron chi connectivity index (χ3n) is 2.77. The van der Waals surface area contributed by atoms with Crippen molar-refractivity contribution in [1.29, 1.82) is 0 Å². The smallest absolute Gasteiger partial charge is 0.250 e. The van der Waals surface area contributed by atoms with Crippen LogP contribution in [0.4, 0.5) is 0 Å². The van der Waals surface area contributed by atoms with E-state index in [-0.39, 0.29) is 0 Å². The molecule has 1 N–H and O–H groups in total. The van der Waals surface area contributed by atoms with Crippen LogP contribution < -0.4 is 5.32 Å². The topological polar surface area (TPSA) is 51.0 Å². The molecule has 2 rings (SSSR count). The normalized spacial score (nSPS) is 13.0. The predicted molar refractivity (Wildman–Crippen MR) is 81.9 cm³/mol. The van der Waals surface area contributed by atoms with Gasteiger partial charge in [-0.15, -0.1) is 0 Å². The first-order valence-corrected chi connectivity index (χ1v) is 6.96. The summed E-state index contributed by atoms with van der Waals surface area (Å²) in [6.07, 6.45) is 4.29. The Morgan fingerprint density at radius 3 is 2.60 bits per heavy atom. The highest BCUT2D eigenvalue weighted by atomic mass is 35.5. The summed E-state index contributed by atoms with van der Waals surface area (Å²) >= 11 is 11.9. The summed E-state index contributed by atoms with van der Waals surface area (Å²) in [4.78, 5) is 4.29. The van der Waals surface area contributed by atoms with Crippen LogP contribution in [-0.2, 0) is 6.42 Å². The minimum Gasteiger partial charge on any atom is -0.335 e. The quantitative estimate of drug-likeness (QED) is 0.914. The molecule has 0 amide bonds. The third kappa shape index (κ3) is 4.34. The van der Waals surface area contributed by atoms with Gasteiger partial charge in [-0.2, -0.15) is 4.98 Å². The van der Waals surface area contributed by atoms with Gasteiger partial charge in [-0.1, -0.05) is 28.4 Å². The Morgan fingerprint density at radius 1 is 1.25 bits per heavy atom. The van der Waals surface area contributed by atoms with Gasteiger partial charge in [0.15, 0.2) is 5.82 Å². The second-order valence-electron chi connectivity index (χ2n) is 4.48.